The number of carbonyl (C=O) groups is 2. The third-order valence-corrected chi connectivity index (χ3v) is 4.27. The highest BCUT2D eigenvalue weighted by atomic mass is 35.5. The van der Waals surface area contributed by atoms with Crippen LogP contribution in [0.1, 0.15) is 12.0 Å². The number of nitrogens with zero attached hydrogens (tertiary/aromatic N) is 3. The van der Waals surface area contributed by atoms with Gasteiger partial charge in [-0.05, 0) is 24.1 Å². The summed E-state index contributed by atoms with van der Waals surface area (Å²) < 4.78 is 1.67. The molecule has 0 bridgehead atoms. The van der Waals surface area contributed by atoms with Gasteiger partial charge >= 0.3 is 12.0 Å². The number of amides is 2. The smallest absolute Gasteiger partial charge is 0.323 e. The second-order valence-electron chi connectivity index (χ2n) is 5.70. The lowest BCUT2D eigenvalue weighted by atomic mass is 10.1. The van der Waals surface area contributed by atoms with Gasteiger partial charge in [0.25, 0.3) is 0 Å². The number of carbonyl (C=O) groups excluding carboxylic acids is 1. The maximum Gasteiger partial charge on any atom is 0.323 e. The van der Waals surface area contributed by atoms with Crippen LogP contribution in [0.5, 0.6) is 0 Å². The lowest BCUT2D eigenvalue weighted by molar-refractivity contribution is -0.141. The topological polar surface area (TPSA) is 87.5 Å². The minimum Gasteiger partial charge on any atom is -0.481 e. The van der Waals surface area contributed by atoms with Crippen molar-refractivity contribution in [2.75, 3.05) is 18.4 Å². The zero-order valence-corrected chi connectivity index (χ0v) is 13.6. The standard InChI is InChI=1S/C16H17ClN4O3/c17-13-3-1-11(2-4-13)9-21-14(5-7-18-21)19-16(24)20-8-6-12(10-20)15(22)23/h1-5,7,12H,6,8-10H2,(H,19,24)(H,22,23). The van der Waals surface area contributed by atoms with Gasteiger partial charge < -0.3 is 10.0 Å². The fourth-order valence-corrected chi connectivity index (χ4v) is 2.79. The molecule has 1 aliphatic rings. The largest absolute Gasteiger partial charge is 0.481 e. The first-order chi connectivity index (χ1) is 11.5. The van der Waals surface area contributed by atoms with Gasteiger partial charge in [-0.25, -0.2) is 9.48 Å². The minimum atomic E-state index is -0.863. The molecule has 1 aromatic carbocycles. The second kappa shape index (κ2) is 6.92. The number of aliphatic carboxylic acids is 1. The van der Waals surface area contributed by atoms with Crippen LogP contribution in [0.2, 0.25) is 5.02 Å². The number of hydrogen-bond donors (Lipinski definition) is 2. The molecule has 0 spiro atoms. The summed E-state index contributed by atoms with van der Waals surface area (Å²) in [6, 6.07) is 8.79. The first kappa shape index (κ1) is 16.3. The number of anilines is 1. The van der Waals surface area contributed by atoms with E-state index in [4.69, 9.17) is 16.7 Å². The van der Waals surface area contributed by atoms with E-state index in [0.29, 0.717) is 30.4 Å². The maximum atomic E-state index is 12.3. The number of urea groups is 1. The molecule has 0 radical (unpaired) electrons. The van der Waals surface area contributed by atoms with Gasteiger partial charge in [-0.15, -0.1) is 0 Å². The number of hydrogen-bond acceptors (Lipinski definition) is 3. The van der Waals surface area contributed by atoms with Gasteiger partial charge in [-0.1, -0.05) is 23.7 Å². The van der Waals surface area contributed by atoms with Gasteiger partial charge in [-0.3, -0.25) is 10.1 Å². The maximum absolute atomic E-state index is 12.3. The Kier molecular flexibility index (Phi) is 4.71. The minimum absolute atomic E-state index is 0.229. The van der Waals surface area contributed by atoms with Crippen molar-refractivity contribution < 1.29 is 14.7 Å². The number of nitrogens with one attached hydrogen (secondary N) is 1. The Morgan fingerprint density at radius 1 is 1.29 bits per heavy atom. The molecule has 0 saturated carbocycles. The first-order valence-electron chi connectivity index (χ1n) is 7.58. The Bertz CT molecular complexity index is 744. The normalized spacial score (nSPS) is 17.0. The number of likely N-dealkylation sites (tertiary alicyclic amines) is 1. The summed E-state index contributed by atoms with van der Waals surface area (Å²) in [5.41, 5.74) is 1.01. The lowest BCUT2D eigenvalue weighted by Crippen LogP contribution is -2.34. The molecule has 7 nitrogen and oxygen atoms in total. The zero-order valence-electron chi connectivity index (χ0n) is 12.9. The monoisotopic (exact) mass is 348 g/mol. The van der Waals surface area contributed by atoms with E-state index in [1.807, 2.05) is 12.1 Å². The van der Waals surface area contributed by atoms with Gasteiger partial charge in [0, 0.05) is 24.2 Å². The highest BCUT2D eigenvalue weighted by molar-refractivity contribution is 6.30. The van der Waals surface area contributed by atoms with Crippen LogP contribution >= 0.6 is 11.6 Å². The van der Waals surface area contributed by atoms with Gasteiger partial charge in [-0.2, -0.15) is 5.10 Å². The summed E-state index contributed by atoms with van der Waals surface area (Å²) in [6.45, 7) is 1.16. The van der Waals surface area contributed by atoms with Crippen LogP contribution in [0.4, 0.5) is 10.6 Å². The predicted molar refractivity (Wildman–Crippen MR) is 89.1 cm³/mol. The van der Waals surface area contributed by atoms with Crippen LogP contribution in [0, 0.1) is 5.92 Å². The van der Waals surface area contributed by atoms with Crippen molar-refractivity contribution in [1.82, 2.24) is 14.7 Å². The molecule has 1 aromatic heterocycles. The van der Waals surface area contributed by atoms with Crippen LogP contribution < -0.4 is 5.32 Å². The Morgan fingerprint density at radius 2 is 2.04 bits per heavy atom. The highest BCUT2D eigenvalue weighted by Gasteiger charge is 2.31. The average Bonchev–Trinajstić information content (AvgIpc) is 3.19. The molecular weight excluding hydrogens is 332 g/mol. The molecule has 3 rings (SSSR count). The number of carboxylic acids is 1. The summed E-state index contributed by atoms with van der Waals surface area (Å²) in [5, 5.41) is 16.7. The molecule has 1 atom stereocenters. The van der Waals surface area contributed by atoms with E-state index in [1.54, 1.807) is 29.1 Å². The van der Waals surface area contributed by atoms with Crippen molar-refractivity contribution in [1.29, 1.82) is 0 Å². The van der Waals surface area contributed by atoms with Crippen molar-refractivity contribution >= 4 is 29.4 Å². The van der Waals surface area contributed by atoms with E-state index in [9.17, 15) is 9.59 Å². The molecule has 1 saturated heterocycles. The Morgan fingerprint density at radius 3 is 2.71 bits per heavy atom. The Balaban J connectivity index is 1.64. The van der Waals surface area contributed by atoms with Crippen molar-refractivity contribution in [3.63, 3.8) is 0 Å². The number of rotatable bonds is 4. The molecule has 24 heavy (non-hydrogen) atoms. The molecule has 0 aliphatic carbocycles. The van der Waals surface area contributed by atoms with Crippen molar-refractivity contribution in [3.05, 3.63) is 47.1 Å². The van der Waals surface area contributed by atoms with Crippen LogP contribution in [-0.2, 0) is 11.3 Å². The second-order valence-corrected chi connectivity index (χ2v) is 6.14. The van der Waals surface area contributed by atoms with Gasteiger partial charge in [0.1, 0.15) is 5.82 Å². The summed E-state index contributed by atoms with van der Waals surface area (Å²) in [6.07, 6.45) is 2.09. The Hall–Kier alpha value is -2.54. The van der Waals surface area contributed by atoms with Crippen molar-refractivity contribution in [2.45, 2.75) is 13.0 Å². The average molecular weight is 349 g/mol. The molecular formula is C16H17ClN4O3. The number of carboxylic acid groups (broad SMARTS) is 1. The fraction of sp³-hybridized carbons (Fsp3) is 0.312. The van der Waals surface area contributed by atoms with E-state index in [1.165, 1.54) is 4.90 Å². The van der Waals surface area contributed by atoms with Gasteiger partial charge in [0.05, 0.1) is 18.7 Å². The first-order valence-corrected chi connectivity index (χ1v) is 7.95. The molecule has 2 N–H and O–H groups in total. The molecule has 2 heterocycles. The zero-order chi connectivity index (χ0) is 17.1. The molecule has 126 valence electrons. The van der Waals surface area contributed by atoms with E-state index in [-0.39, 0.29) is 12.6 Å². The third-order valence-electron chi connectivity index (χ3n) is 4.02. The lowest BCUT2D eigenvalue weighted by Gasteiger charge is -2.17. The van der Waals surface area contributed by atoms with E-state index < -0.39 is 11.9 Å². The van der Waals surface area contributed by atoms with E-state index >= 15 is 0 Å². The molecule has 2 amide bonds. The number of halogens is 1. The summed E-state index contributed by atoms with van der Waals surface area (Å²) in [5.74, 6) is -0.790. The Labute approximate surface area is 143 Å². The van der Waals surface area contributed by atoms with E-state index in [0.717, 1.165) is 5.56 Å². The van der Waals surface area contributed by atoms with Crippen molar-refractivity contribution in [3.8, 4) is 0 Å². The highest BCUT2D eigenvalue weighted by Crippen LogP contribution is 2.18. The third kappa shape index (κ3) is 3.68. The fourth-order valence-electron chi connectivity index (χ4n) is 2.66. The molecule has 1 fully saturated rings. The van der Waals surface area contributed by atoms with Crippen LogP contribution in [-0.4, -0.2) is 44.9 Å². The quantitative estimate of drug-likeness (QED) is 0.888. The molecule has 1 aliphatic heterocycles. The van der Waals surface area contributed by atoms with Gasteiger partial charge in [0.15, 0.2) is 0 Å². The van der Waals surface area contributed by atoms with E-state index in [2.05, 4.69) is 10.4 Å². The van der Waals surface area contributed by atoms with Crippen LogP contribution in [0.3, 0.4) is 0 Å². The predicted octanol–water partition coefficient (Wildman–Crippen LogP) is 2.52. The number of benzene rings is 1. The molecule has 2 aromatic rings. The van der Waals surface area contributed by atoms with Crippen LogP contribution in [0.25, 0.3) is 0 Å². The summed E-state index contributed by atoms with van der Waals surface area (Å²) in [4.78, 5) is 24.8. The number of aromatic nitrogens is 2. The van der Waals surface area contributed by atoms with Crippen molar-refractivity contribution in [2.24, 2.45) is 5.92 Å². The molecule has 8 heteroatoms. The SMILES string of the molecule is O=C(O)C1CCN(C(=O)Nc2ccnn2Cc2ccc(Cl)cc2)C1. The van der Waals surface area contributed by atoms with Crippen LogP contribution in [0.15, 0.2) is 36.5 Å². The summed E-state index contributed by atoms with van der Waals surface area (Å²) >= 11 is 5.87. The summed E-state index contributed by atoms with van der Waals surface area (Å²) in [7, 11) is 0. The molecule has 1 unspecified atom stereocenters. The van der Waals surface area contributed by atoms with Gasteiger partial charge in [0.2, 0.25) is 0 Å².